The first-order valence-electron chi connectivity index (χ1n) is 7.34. The molecule has 124 valence electrons. The Balaban J connectivity index is 2.20. The standard InChI is InChI=1S/C16H15FN4O3/c1-9(2)13-18-16-20(7-10-3-5-11(17)6-4-10)8-12(15(23)24)14(22)21(16)19-13/h3-6,8-9H,7H2,1-2H3,(H,23,24). The molecule has 0 aliphatic carbocycles. The van der Waals surface area contributed by atoms with E-state index in [0.717, 1.165) is 10.1 Å². The first-order chi connectivity index (χ1) is 11.4. The summed E-state index contributed by atoms with van der Waals surface area (Å²) in [6, 6.07) is 5.81. The first-order valence-corrected chi connectivity index (χ1v) is 7.34. The molecule has 0 unspecified atom stereocenters. The second-order valence-electron chi connectivity index (χ2n) is 5.74. The average molecular weight is 330 g/mol. The van der Waals surface area contributed by atoms with Crippen molar-refractivity contribution in [3.8, 4) is 0 Å². The van der Waals surface area contributed by atoms with Gasteiger partial charge in [-0.1, -0.05) is 26.0 Å². The van der Waals surface area contributed by atoms with Crippen molar-refractivity contribution in [2.45, 2.75) is 26.3 Å². The number of aromatic carboxylic acids is 1. The number of carboxylic acids is 1. The highest BCUT2D eigenvalue weighted by molar-refractivity contribution is 5.87. The maximum atomic E-state index is 13.0. The number of nitrogens with zero attached hydrogens (tertiary/aromatic N) is 4. The van der Waals surface area contributed by atoms with Gasteiger partial charge in [0.1, 0.15) is 11.4 Å². The van der Waals surface area contributed by atoms with Crippen LogP contribution in [0.15, 0.2) is 35.3 Å². The van der Waals surface area contributed by atoms with E-state index in [2.05, 4.69) is 10.1 Å². The van der Waals surface area contributed by atoms with Crippen molar-refractivity contribution in [3.05, 3.63) is 63.6 Å². The fourth-order valence-electron chi connectivity index (χ4n) is 2.32. The smallest absolute Gasteiger partial charge is 0.342 e. The molecule has 8 heteroatoms. The van der Waals surface area contributed by atoms with Crippen molar-refractivity contribution in [2.24, 2.45) is 0 Å². The van der Waals surface area contributed by atoms with E-state index >= 15 is 0 Å². The van der Waals surface area contributed by atoms with Crippen LogP contribution >= 0.6 is 0 Å². The Kier molecular flexibility index (Phi) is 3.88. The van der Waals surface area contributed by atoms with E-state index in [1.54, 1.807) is 12.1 Å². The van der Waals surface area contributed by atoms with Crippen LogP contribution in [-0.4, -0.2) is 30.2 Å². The van der Waals surface area contributed by atoms with E-state index in [4.69, 9.17) is 0 Å². The Morgan fingerprint density at radius 2 is 1.96 bits per heavy atom. The summed E-state index contributed by atoms with van der Waals surface area (Å²) < 4.78 is 15.6. The molecule has 2 aromatic heterocycles. The Labute approximate surface area is 136 Å². The molecule has 0 fully saturated rings. The molecular formula is C16H15FN4O3. The molecule has 1 aromatic carbocycles. The monoisotopic (exact) mass is 330 g/mol. The maximum absolute atomic E-state index is 13.0. The van der Waals surface area contributed by atoms with E-state index in [0.29, 0.717) is 5.82 Å². The summed E-state index contributed by atoms with van der Waals surface area (Å²) in [5, 5.41) is 13.4. The Morgan fingerprint density at radius 1 is 1.29 bits per heavy atom. The van der Waals surface area contributed by atoms with Gasteiger partial charge in [0.2, 0.25) is 5.78 Å². The van der Waals surface area contributed by atoms with Crippen LogP contribution in [0.3, 0.4) is 0 Å². The number of fused-ring (bicyclic) bond motifs is 1. The summed E-state index contributed by atoms with van der Waals surface area (Å²) in [5.41, 5.74) is -0.385. The fraction of sp³-hybridized carbons (Fsp3) is 0.250. The van der Waals surface area contributed by atoms with Gasteiger partial charge in [-0.3, -0.25) is 4.79 Å². The zero-order chi connectivity index (χ0) is 17.4. The number of carbonyl (C=O) groups is 1. The normalized spacial score (nSPS) is 11.3. The lowest BCUT2D eigenvalue weighted by Crippen LogP contribution is -2.26. The molecule has 0 radical (unpaired) electrons. The van der Waals surface area contributed by atoms with Gasteiger partial charge >= 0.3 is 5.97 Å². The number of rotatable bonds is 4. The summed E-state index contributed by atoms with van der Waals surface area (Å²) in [4.78, 5) is 27.9. The molecule has 0 saturated carbocycles. The summed E-state index contributed by atoms with van der Waals surface area (Å²) in [6.45, 7) is 3.99. The Bertz CT molecular complexity index is 973. The molecule has 0 amide bonds. The predicted octanol–water partition coefficient (Wildman–Crippen LogP) is 1.90. The van der Waals surface area contributed by atoms with Gasteiger partial charge in [-0.05, 0) is 17.7 Å². The number of hydrogen-bond acceptors (Lipinski definition) is 4. The molecule has 24 heavy (non-hydrogen) atoms. The molecule has 3 aromatic rings. The van der Waals surface area contributed by atoms with Crippen molar-refractivity contribution in [2.75, 3.05) is 0 Å². The molecule has 0 saturated heterocycles. The zero-order valence-corrected chi connectivity index (χ0v) is 13.1. The van der Waals surface area contributed by atoms with Crippen LogP contribution in [0, 0.1) is 5.82 Å². The summed E-state index contributed by atoms with van der Waals surface area (Å²) in [7, 11) is 0. The zero-order valence-electron chi connectivity index (χ0n) is 13.1. The van der Waals surface area contributed by atoms with Crippen molar-refractivity contribution >= 4 is 11.7 Å². The van der Waals surface area contributed by atoms with E-state index < -0.39 is 17.1 Å². The van der Waals surface area contributed by atoms with Crippen LogP contribution in [-0.2, 0) is 6.54 Å². The van der Waals surface area contributed by atoms with Gasteiger partial charge in [-0.25, -0.2) is 9.18 Å². The third-order valence-electron chi connectivity index (χ3n) is 3.58. The summed E-state index contributed by atoms with van der Waals surface area (Å²) in [5.74, 6) is -1.02. The average Bonchev–Trinajstić information content (AvgIpc) is 2.98. The molecule has 0 atom stereocenters. The van der Waals surface area contributed by atoms with E-state index in [1.165, 1.54) is 22.9 Å². The molecule has 1 N–H and O–H groups in total. The van der Waals surface area contributed by atoms with E-state index in [1.807, 2.05) is 13.8 Å². The van der Waals surface area contributed by atoms with Crippen LogP contribution < -0.4 is 5.56 Å². The van der Waals surface area contributed by atoms with Crippen molar-refractivity contribution in [3.63, 3.8) is 0 Å². The largest absolute Gasteiger partial charge is 0.477 e. The lowest BCUT2D eigenvalue weighted by Gasteiger charge is -2.09. The van der Waals surface area contributed by atoms with Crippen LogP contribution in [0.25, 0.3) is 5.78 Å². The predicted molar refractivity (Wildman–Crippen MR) is 83.8 cm³/mol. The van der Waals surface area contributed by atoms with Crippen LogP contribution in [0.1, 0.15) is 41.5 Å². The SMILES string of the molecule is CC(C)c1nc2n(Cc3ccc(F)cc3)cc(C(=O)O)c(=O)n2n1. The minimum absolute atomic E-state index is 0.0168. The molecule has 7 nitrogen and oxygen atoms in total. The van der Waals surface area contributed by atoms with E-state index in [9.17, 15) is 19.1 Å². The molecule has 3 rings (SSSR count). The molecule has 0 aliphatic rings. The lowest BCUT2D eigenvalue weighted by molar-refractivity contribution is 0.0693. The third kappa shape index (κ3) is 2.78. The van der Waals surface area contributed by atoms with Gasteiger partial charge in [0.15, 0.2) is 5.82 Å². The first kappa shape index (κ1) is 15.9. The van der Waals surface area contributed by atoms with Gasteiger partial charge in [0.05, 0.1) is 6.54 Å². The van der Waals surface area contributed by atoms with Crippen LogP contribution in [0.5, 0.6) is 0 Å². The quantitative estimate of drug-likeness (QED) is 0.789. The number of halogens is 1. The highest BCUT2D eigenvalue weighted by Crippen LogP contribution is 2.13. The van der Waals surface area contributed by atoms with Gasteiger partial charge in [-0.15, -0.1) is 5.10 Å². The van der Waals surface area contributed by atoms with Crippen LogP contribution in [0.2, 0.25) is 0 Å². The van der Waals surface area contributed by atoms with Gasteiger partial charge in [-0.2, -0.15) is 9.50 Å². The molecule has 0 aliphatic heterocycles. The highest BCUT2D eigenvalue weighted by Gasteiger charge is 2.19. The van der Waals surface area contributed by atoms with Gasteiger partial charge < -0.3 is 9.67 Å². The second kappa shape index (κ2) is 5.88. The topological polar surface area (TPSA) is 89.5 Å². The number of aromatic nitrogens is 4. The molecule has 2 heterocycles. The van der Waals surface area contributed by atoms with E-state index in [-0.39, 0.29) is 24.1 Å². The summed E-state index contributed by atoms with van der Waals surface area (Å²) in [6.07, 6.45) is 1.24. The minimum Gasteiger partial charge on any atom is -0.477 e. The van der Waals surface area contributed by atoms with Gasteiger partial charge in [0.25, 0.3) is 5.56 Å². The number of benzene rings is 1. The Morgan fingerprint density at radius 3 is 2.54 bits per heavy atom. The third-order valence-corrected chi connectivity index (χ3v) is 3.58. The summed E-state index contributed by atoms with van der Waals surface area (Å²) >= 11 is 0. The second-order valence-corrected chi connectivity index (χ2v) is 5.74. The van der Waals surface area contributed by atoms with Gasteiger partial charge in [0, 0.05) is 12.1 Å². The number of carboxylic acid groups (broad SMARTS) is 1. The minimum atomic E-state index is -1.34. The number of hydrogen-bond donors (Lipinski definition) is 1. The maximum Gasteiger partial charge on any atom is 0.342 e. The molecular weight excluding hydrogens is 315 g/mol. The lowest BCUT2D eigenvalue weighted by atomic mass is 10.2. The molecule has 0 spiro atoms. The fourth-order valence-corrected chi connectivity index (χ4v) is 2.32. The highest BCUT2D eigenvalue weighted by atomic mass is 19.1. The molecule has 0 bridgehead atoms. The van der Waals surface area contributed by atoms with Crippen molar-refractivity contribution in [1.29, 1.82) is 0 Å². The Hall–Kier alpha value is -3.03. The van der Waals surface area contributed by atoms with Crippen molar-refractivity contribution < 1.29 is 14.3 Å². The van der Waals surface area contributed by atoms with Crippen molar-refractivity contribution in [1.82, 2.24) is 19.2 Å². The van der Waals surface area contributed by atoms with Crippen LogP contribution in [0.4, 0.5) is 4.39 Å².